The number of halogens is 1. The molecule has 0 aliphatic carbocycles. The van der Waals surface area contributed by atoms with Crippen molar-refractivity contribution in [3.8, 4) is 0 Å². The van der Waals surface area contributed by atoms with Crippen molar-refractivity contribution in [3.05, 3.63) is 10.6 Å². The third-order valence-corrected chi connectivity index (χ3v) is 4.76. The lowest BCUT2D eigenvalue weighted by Crippen LogP contribution is -2.48. The molecule has 0 saturated carbocycles. The lowest BCUT2D eigenvalue weighted by atomic mass is 9.97. The number of anilines is 1. The maximum Gasteiger partial charge on any atom is 0.245 e. The minimum Gasteiger partial charge on any atom is -0.318 e. The Balaban J connectivity index is 0.00000220. The molecule has 120 valence electrons. The van der Waals surface area contributed by atoms with Crippen molar-refractivity contribution in [3.63, 3.8) is 0 Å². The van der Waals surface area contributed by atoms with E-state index in [2.05, 4.69) is 22.1 Å². The number of nitrogens with zero attached hydrogens (tertiary/aromatic N) is 2. The number of fused-ring (bicyclic) bond motifs is 1. The standard InChI is InChI=1S/C14H24N4OS.ClH/c1-4-7-14(3,15)12(19)17-13-16-10-6-8-18(5-2)9-11(10)20-13;/h4-9,15H2,1-3H3,(H,16,17,19);1H. The molecule has 3 N–H and O–H groups in total. The zero-order chi connectivity index (χ0) is 14.8. The Morgan fingerprint density at radius 2 is 2.24 bits per heavy atom. The van der Waals surface area contributed by atoms with Crippen LogP contribution in [0.5, 0.6) is 0 Å². The molecular formula is C14H25ClN4OS. The number of carbonyl (C=O) groups is 1. The van der Waals surface area contributed by atoms with Crippen LogP contribution in [0.15, 0.2) is 0 Å². The van der Waals surface area contributed by atoms with Crippen molar-refractivity contribution in [1.82, 2.24) is 9.88 Å². The number of nitrogens with two attached hydrogens (primary N) is 1. The second kappa shape index (κ2) is 7.54. The molecule has 2 heterocycles. The lowest BCUT2D eigenvalue weighted by Gasteiger charge is -2.23. The second-order valence-electron chi connectivity index (χ2n) is 5.63. The van der Waals surface area contributed by atoms with Gasteiger partial charge in [-0.2, -0.15) is 0 Å². The normalized spacial score (nSPS) is 17.5. The predicted molar refractivity (Wildman–Crippen MR) is 90.1 cm³/mol. The first-order valence-electron chi connectivity index (χ1n) is 7.27. The van der Waals surface area contributed by atoms with Gasteiger partial charge in [-0.3, -0.25) is 9.69 Å². The quantitative estimate of drug-likeness (QED) is 0.868. The summed E-state index contributed by atoms with van der Waals surface area (Å²) in [5, 5.41) is 3.57. The van der Waals surface area contributed by atoms with E-state index in [-0.39, 0.29) is 18.3 Å². The van der Waals surface area contributed by atoms with Gasteiger partial charge in [0, 0.05) is 24.4 Å². The highest BCUT2D eigenvalue weighted by Crippen LogP contribution is 2.28. The van der Waals surface area contributed by atoms with E-state index in [1.165, 1.54) is 4.88 Å². The van der Waals surface area contributed by atoms with Crippen molar-refractivity contribution in [2.75, 3.05) is 18.4 Å². The molecule has 7 heteroatoms. The number of nitrogens with one attached hydrogen (secondary N) is 1. The third kappa shape index (κ3) is 4.39. The highest BCUT2D eigenvalue weighted by molar-refractivity contribution is 7.15. The first kappa shape index (κ1) is 18.4. The van der Waals surface area contributed by atoms with Crippen LogP contribution in [0.2, 0.25) is 0 Å². The van der Waals surface area contributed by atoms with Gasteiger partial charge in [0.25, 0.3) is 0 Å². The average Bonchev–Trinajstić information content (AvgIpc) is 2.79. The van der Waals surface area contributed by atoms with Gasteiger partial charge >= 0.3 is 0 Å². The molecule has 0 bridgehead atoms. The van der Waals surface area contributed by atoms with Crippen molar-refractivity contribution in [2.45, 2.75) is 52.1 Å². The number of thiazole rings is 1. The summed E-state index contributed by atoms with van der Waals surface area (Å²) in [7, 11) is 0. The van der Waals surface area contributed by atoms with Gasteiger partial charge in [0.1, 0.15) is 0 Å². The van der Waals surface area contributed by atoms with Crippen molar-refractivity contribution in [1.29, 1.82) is 0 Å². The minimum absolute atomic E-state index is 0. The minimum atomic E-state index is -0.823. The molecule has 0 saturated heterocycles. The number of carbonyl (C=O) groups excluding carboxylic acids is 1. The summed E-state index contributed by atoms with van der Waals surface area (Å²) in [6.07, 6.45) is 2.53. The van der Waals surface area contributed by atoms with Crippen LogP contribution in [-0.2, 0) is 17.8 Å². The van der Waals surface area contributed by atoms with Crippen LogP contribution in [0.25, 0.3) is 0 Å². The molecule has 2 rings (SSSR count). The summed E-state index contributed by atoms with van der Waals surface area (Å²) >= 11 is 1.58. The molecular weight excluding hydrogens is 308 g/mol. The van der Waals surface area contributed by atoms with Crippen LogP contribution < -0.4 is 11.1 Å². The van der Waals surface area contributed by atoms with Crippen LogP contribution >= 0.6 is 23.7 Å². The topological polar surface area (TPSA) is 71.2 Å². The summed E-state index contributed by atoms with van der Waals surface area (Å²) in [5.74, 6) is -0.141. The fourth-order valence-corrected chi connectivity index (χ4v) is 3.49. The SMILES string of the molecule is CCCC(C)(N)C(=O)Nc1nc2c(s1)CN(CC)CC2.Cl. The molecule has 1 amide bonds. The van der Waals surface area contributed by atoms with E-state index in [1.807, 2.05) is 6.92 Å². The van der Waals surface area contributed by atoms with E-state index in [4.69, 9.17) is 5.73 Å². The number of rotatable bonds is 5. The Kier molecular flexibility index (Phi) is 6.59. The summed E-state index contributed by atoms with van der Waals surface area (Å²) in [6.45, 7) is 9.01. The highest BCUT2D eigenvalue weighted by Gasteiger charge is 2.28. The number of likely N-dealkylation sites (N-methyl/N-ethyl adjacent to an activating group) is 1. The maximum absolute atomic E-state index is 12.2. The van der Waals surface area contributed by atoms with Gasteiger partial charge in [-0.1, -0.05) is 20.3 Å². The molecule has 1 aromatic heterocycles. The Morgan fingerprint density at radius 3 is 2.86 bits per heavy atom. The van der Waals surface area contributed by atoms with Crippen molar-refractivity contribution >= 4 is 34.8 Å². The Morgan fingerprint density at radius 1 is 1.52 bits per heavy atom. The molecule has 0 spiro atoms. The largest absolute Gasteiger partial charge is 0.318 e. The Hall–Kier alpha value is -0.690. The number of hydrogen-bond acceptors (Lipinski definition) is 5. The summed E-state index contributed by atoms with van der Waals surface area (Å²) in [5.41, 5.74) is 6.35. The van der Waals surface area contributed by atoms with E-state index in [0.717, 1.165) is 38.2 Å². The smallest absolute Gasteiger partial charge is 0.245 e. The summed E-state index contributed by atoms with van der Waals surface area (Å²) in [4.78, 5) is 20.4. The fraction of sp³-hybridized carbons (Fsp3) is 0.714. The predicted octanol–water partition coefficient (Wildman–Crippen LogP) is 2.40. The fourth-order valence-electron chi connectivity index (χ4n) is 2.44. The van der Waals surface area contributed by atoms with Crippen LogP contribution in [0.4, 0.5) is 5.13 Å². The lowest BCUT2D eigenvalue weighted by molar-refractivity contribution is -0.120. The van der Waals surface area contributed by atoms with E-state index in [1.54, 1.807) is 18.3 Å². The van der Waals surface area contributed by atoms with Gasteiger partial charge in [-0.15, -0.1) is 23.7 Å². The van der Waals surface area contributed by atoms with E-state index < -0.39 is 5.54 Å². The monoisotopic (exact) mass is 332 g/mol. The van der Waals surface area contributed by atoms with Gasteiger partial charge in [-0.05, 0) is 19.9 Å². The highest BCUT2D eigenvalue weighted by atomic mass is 35.5. The van der Waals surface area contributed by atoms with Crippen molar-refractivity contribution in [2.24, 2.45) is 5.73 Å². The molecule has 0 aromatic carbocycles. The van der Waals surface area contributed by atoms with Gasteiger partial charge in [0.15, 0.2) is 5.13 Å². The Bertz CT molecular complexity index is 489. The third-order valence-electron chi connectivity index (χ3n) is 3.77. The van der Waals surface area contributed by atoms with E-state index in [0.29, 0.717) is 11.6 Å². The summed E-state index contributed by atoms with van der Waals surface area (Å²) < 4.78 is 0. The maximum atomic E-state index is 12.2. The number of amides is 1. The second-order valence-corrected chi connectivity index (χ2v) is 6.71. The van der Waals surface area contributed by atoms with Crippen molar-refractivity contribution < 1.29 is 4.79 Å². The van der Waals surface area contributed by atoms with Gasteiger partial charge in [0.2, 0.25) is 5.91 Å². The number of hydrogen-bond donors (Lipinski definition) is 2. The van der Waals surface area contributed by atoms with Crippen LogP contribution in [0.3, 0.4) is 0 Å². The van der Waals surface area contributed by atoms with Gasteiger partial charge in [0.05, 0.1) is 11.2 Å². The van der Waals surface area contributed by atoms with Crippen LogP contribution in [0, 0.1) is 0 Å². The van der Waals surface area contributed by atoms with E-state index >= 15 is 0 Å². The number of aromatic nitrogens is 1. The first-order chi connectivity index (χ1) is 9.46. The molecule has 0 radical (unpaired) electrons. The average molecular weight is 333 g/mol. The summed E-state index contributed by atoms with van der Waals surface area (Å²) in [6, 6.07) is 0. The molecule has 1 aliphatic rings. The molecule has 5 nitrogen and oxygen atoms in total. The zero-order valence-corrected chi connectivity index (χ0v) is 14.6. The van der Waals surface area contributed by atoms with Crippen LogP contribution in [-0.4, -0.2) is 34.4 Å². The van der Waals surface area contributed by atoms with Gasteiger partial charge in [-0.25, -0.2) is 4.98 Å². The Labute approximate surface area is 136 Å². The molecule has 1 aromatic rings. The van der Waals surface area contributed by atoms with Crippen LogP contribution in [0.1, 0.15) is 44.2 Å². The molecule has 21 heavy (non-hydrogen) atoms. The van der Waals surface area contributed by atoms with E-state index in [9.17, 15) is 4.79 Å². The molecule has 1 aliphatic heterocycles. The molecule has 1 atom stereocenters. The molecule has 0 fully saturated rings. The molecule has 1 unspecified atom stereocenters. The zero-order valence-electron chi connectivity index (χ0n) is 12.9. The van der Waals surface area contributed by atoms with Gasteiger partial charge < -0.3 is 11.1 Å². The first-order valence-corrected chi connectivity index (χ1v) is 8.09.